The Morgan fingerprint density at radius 1 is 0.966 bits per heavy atom. The van der Waals surface area contributed by atoms with Gasteiger partial charge in [0.25, 0.3) is 5.56 Å². The average Bonchev–Trinajstić information content (AvgIpc) is 2.74. The molecule has 0 fully saturated rings. The quantitative estimate of drug-likeness (QED) is 0.412. The predicted molar refractivity (Wildman–Crippen MR) is 121 cm³/mol. The van der Waals surface area contributed by atoms with Gasteiger partial charge in [0.15, 0.2) is 0 Å². The van der Waals surface area contributed by atoms with Crippen molar-refractivity contribution in [3.05, 3.63) is 82.3 Å². The van der Waals surface area contributed by atoms with Crippen LogP contribution in [0.1, 0.15) is 36.9 Å². The van der Waals surface area contributed by atoms with E-state index in [2.05, 4.69) is 43.3 Å². The Bertz CT molecular complexity index is 1280. The zero-order valence-corrected chi connectivity index (χ0v) is 17.1. The van der Waals surface area contributed by atoms with E-state index >= 15 is 0 Å². The molecule has 0 saturated heterocycles. The second-order valence-corrected chi connectivity index (χ2v) is 7.77. The SMILES string of the molecule is CCCC(C=O)c1c(-c2ccc3ccccc3c2)c2cc(C)ccc2c(=O)n1C. The number of carbonyl (C=O) groups is 1. The van der Waals surface area contributed by atoms with Crippen molar-refractivity contribution in [3.8, 4) is 11.1 Å². The van der Waals surface area contributed by atoms with Gasteiger partial charge in [-0.05, 0) is 47.2 Å². The lowest BCUT2D eigenvalue weighted by atomic mass is 9.88. The highest BCUT2D eigenvalue weighted by Crippen LogP contribution is 2.37. The van der Waals surface area contributed by atoms with Crippen molar-refractivity contribution >= 4 is 27.8 Å². The summed E-state index contributed by atoms with van der Waals surface area (Å²) in [5, 5.41) is 3.92. The van der Waals surface area contributed by atoms with E-state index in [0.717, 1.165) is 45.9 Å². The molecule has 146 valence electrons. The summed E-state index contributed by atoms with van der Waals surface area (Å²) in [4.78, 5) is 25.2. The van der Waals surface area contributed by atoms with Gasteiger partial charge < -0.3 is 9.36 Å². The lowest BCUT2D eigenvalue weighted by Crippen LogP contribution is -2.24. The number of aromatic nitrogens is 1. The molecule has 1 atom stereocenters. The van der Waals surface area contributed by atoms with Crippen LogP contribution >= 0.6 is 0 Å². The van der Waals surface area contributed by atoms with Gasteiger partial charge in [-0.1, -0.05) is 67.4 Å². The first-order valence-corrected chi connectivity index (χ1v) is 10.1. The summed E-state index contributed by atoms with van der Waals surface area (Å²) in [5.74, 6) is -0.316. The molecule has 1 unspecified atom stereocenters. The molecule has 0 N–H and O–H groups in total. The summed E-state index contributed by atoms with van der Waals surface area (Å²) in [6.07, 6.45) is 2.58. The van der Waals surface area contributed by atoms with Crippen molar-refractivity contribution in [1.82, 2.24) is 4.57 Å². The maximum atomic E-state index is 13.1. The fourth-order valence-corrected chi connectivity index (χ4v) is 4.31. The van der Waals surface area contributed by atoms with Crippen LogP contribution < -0.4 is 5.56 Å². The van der Waals surface area contributed by atoms with E-state index in [0.29, 0.717) is 11.8 Å². The van der Waals surface area contributed by atoms with Crippen LogP contribution in [-0.2, 0) is 11.8 Å². The molecule has 1 aromatic heterocycles. The molecular formula is C26H25NO2. The Kier molecular flexibility index (Phi) is 5.06. The van der Waals surface area contributed by atoms with E-state index in [-0.39, 0.29) is 11.5 Å². The van der Waals surface area contributed by atoms with Gasteiger partial charge in [-0.15, -0.1) is 0 Å². The number of pyridine rings is 1. The van der Waals surface area contributed by atoms with Crippen LogP contribution in [0.4, 0.5) is 0 Å². The summed E-state index contributed by atoms with van der Waals surface area (Å²) in [6, 6.07) is 20.5. The lowest BCUT2D eigenvalue weighted by molar-refractivity contribution is -0.109. The normalized spacial score (nSPS) is 12.4. The van der Waals surface area contributed by atoms with Crippen molar-refractivity contribution in [2.45, 2.75) is 32.6 Å². The van der Waals surface area contributed by atoms with Gasteiger partial charge in [0, 0.05) is 23.7 Å². The Balaban J connectivity index is 2.16. The Morgan fingerprint density at radius 2 is 1.72 bits per heavy atom. The molecule has 1 heterocycles. The molecule has 0 aliphatic rings. The van der Waals surface area contributed by atoms with Crippen molar-refractivity contribution < 1.29 is 4.79 Å². The number of hydrogen-bond acceptors (Lipinski definition) is 2. The number of nitrogens with zero attached hydrogens (tertiary/aromatic N) is 1. The number of carbonyl (C=O) groups excluding carboxylic acids is 1. The summed E-state index contributed by atoms with van der Waals surface area (Å²) in [5.41, 5.74) is 3.87. The number of aldehydes is 1. The molecule has 0 aliphatic heterocycles. The van der Waals surface area contributed by atoms with Gasteiger partial charge in [-0.2, -0.15) is 0 Å². The topological polar surface area (TPSA) is 39.1 Å². The molecule has 0 radical (unpaired) electrons. The zero-order valence-electron chi connectivity index (χ0n) is 17.1. The third kappa shape index (κ3) is 3.27. The lowest BCUT2D eigenvalue weighted by Gasteiger charge is -2.22. The van der Waals surface area contributed by atoms with Crippen LogP contribution in [-0.4, -0.2) is 10.9 Å². The predicted octanol–water partition coefficient (Wildman–Crippen LogP) is 5.75. The average molecular weight is 383 g/mol. The molecule has 0 saturated carbocycles. The van der Waals surface area contributed by atoms with Crippen LogP contribution in [0.3, 0.4) is 0 Å². The molecule has 29 heavy (non-hydrogen) atoms. The van der Waals surface area contributed by atoms with Gasteiger partial charge in [0.2, 0.25) is 0 Å². The maximum absolute atomic E-state index is 13.1. The largest absolute Gasteiger partial charge is 0.314 e. The molecule has 0 bridgehead atoms. The van der Waals surface area contributed by atoms with E-state index < -0.39 is 0 Å². The minimum atomic E-state index is -0.316. The highest BCUT2D eigenvalue weighted by molar-refractivity contribution is 6.00. The first kappa shape index (κ1) is 19.1. The number of hydrogen-bond donors (Lipinski definition) is 0. The smallest absolute Gasteiger partial charge is 0.258 e. The number of benzene rings is 3. The second-order valence-electron chi connectivity index (χ2n) is 7.77. The van der Waals surface area contributed by atoms with Crippen LogP contribution in [0.5, 0.6) is 0 Å². The Labute approximate surface area is 170 Å². The highest BCUT2D eigenvalue weighted by atomic mass is 16.1. The van der Waals surface area contributed by atoms with E-state index in [1.165, 1.54) is 5.39 Å². The molecular weight excluding hydrogens is 358 g/mol. The second kappa shape index (κ2) is 7.67. The van der Waals surface area contributed by atoms with E-state index in [1.54, 1.807) is 11.6 Å². The molecule has 0 amide bonds. The Morgan fingerprint density at radius 3 is 2.45 bits per heavy atom. The third-order valence-electron chi connectivity index (χ3n) is 5.75. The van der Waals surface area contributed by atoms with Gasteiger partial charge in [0.05, 0.1) is 5.92 Å². The van der Waals surface area contributed by atoms with Crippen LogP contribution in [0.2, 0.25) is 0 Å². The fraction of sp³-hybridized carbons (Fsp3) is 0.231. The summed E-state index contributed by atoms with van der Waals surface area (Å²) >= 11 is 0. The van der Waals surface area contributed by atoms with E-state index in [1.807, 2.05) is 31.2 Å². The molecule has 3 nitrogen and oxygen atoms in total. The molecule has 3 heteroatoms. The number of rotatable bonds is 5. The highest BCUT2D eigenvalue weighted by Gasteiger charge is 2.23. The van der Waals surface area contributed by atoms with Crippen LogP contribution in [0.15, 0.2) is 65.5 Å². The minimum absolute atomic E-state index is 0.0532. The molecule has 4 aromatic rings. The molecule has 3 aromatic carbocycles. The molecule has 0 aliphatic carbocycles. The van der Waals surface area contributed by atoms with Gasteiger partial charge in [0.1, 0.15) is 6.29 Å². The number of fused-ring (bicyclic) bond motifs is 2. The van der Waals surface area contributed by atoms with E-state index in [4.69, 9.17) is 0 Å². The monoisotopic (exact) mass is 383 g/mol. The summed E-state index contributed by atoms with van der Waals surface area (Å²) in [7, 11) is 1.79. The molecule has 0 spiro atoms. The van der Waals surface area contributed by atoms with Crippen molar-refractivity contribution in [2.24, 2.45) is 7.05 Å². The standard InChI is InChI=1S/C26H25NO2/c1-4-7-21(16-28)25-24(20-12-11-18-8-5-6-9-19(18)15-20)23-14-17(2)10-13-22(23)26(29)27(25)3/h5-6,8-16,21H,4,7H2,1-3H3. The van der Waals surface area contributed by atoms with Crippen LogP contribution in [0.25, 0.3) is 32.7 Å². The number of aryl methyl sites for hydroxylation is 1. The third-order valence-corrected chi connectivity index (χ3v) is 5.75. The van der Waals surface area contributed by atoms with E-state index in [9.17, 15) is 9.59 Å². The molecule has 4 rings (SSSR count). The van der Waals surface area contributed by atoms with Gasteiger partial charge in [-0.25, -0.2) is 0 Å². The van der Waals surface area contributed by atoms with Crippen molar-refractivity contribution in [1.29, 1.82) is 0 Å². The zero-order chi connectivity index (χ0) is 20.5. The first-order valence-electron chi connectivity index (χ1n) is 10.1. The minimum Gasteiger partial charge on any atom is -0.314 e. The van der Waals surface area contributed by atoms with Gasteiger partial charge >= 0.3 is 0 Å². The summed E-state index contributed by atoms with van der Waals surface area (Å²) < 4.78 is 1.68. The van der Waals surface area contributed by atoms with Crippen molar-refractivity contribution in [3.63, 3.8) is 0 Å². The van der Waals surface area contributed by atoms with Crippen LogP contribution in [0, 0.1) is 6.92 Å². The maximum Gasteiger partial charge on any atom is 0.258 e. The summed E-state index contributed by atoms with van der Waals surface area (Å²) in [6.45, 7) is 4.10. The first-order chi connectivity index (χ1) is 14.0. The Hall–Kier alpha value is -3.20. The van der Waals surface area contributed by atoms with Crippen molar-refractivity contribution in [2.75, 3.05) is 0 Å². The fourth-order valence-electron chi connectivity index (χ4n) is 4.31. The van der Waals surface area contributed by atoms with Gasteiger partial charge in [-0.3, -0.25) is 4.79 Å².